The van der Waals surface area contributed by atoms with Crippen LogP contribution < -0.4 is 4.90 Å². The Hall–Kier alpha value is -2.92. The topological polar surface area (TPSA) is 43.9 Å². The van der Waals surface area contributed by atoms with Crippen LogP contribution in [0.15, 0.2) is 48.2 Å². The molecule has 156 valence electrons. The number of aryl methyl sites for hydroxylation is 3. The fourth-order valence-electron chi connectivity index (χ4n) is 4.44. The zero-order valence-corrected chi connectivity index (χ0v) is 18.2. The summed E-state index contributed by atoms with van der Waals surface area (Å²) in [6, 6.07) is 13.6. The molecule has 1 saturated heterocycles. The quantitative estimate of drug-likeness (QED) is 0.733. The number of hydrogen-bond donors (Lipinski definition) is 0. The summed E-state index contributed by atoms with van der Waals surface area (Å²) in [6.07, 6.45) is 0. The van der Waals surface area contributed by atoms with Crippen molar-refractivity contribution in [1.29, 1.82) is 0 Å². The van der Waals surface area contributed by atoms with Gasteiger partial charge in [-0.3, -0.25) is 9.59 Å². The van der Waals surface area contributed by atoms with E-state index >= 15 is 0 Å². The Balaban J connectivity index is 1.82. The van der Waals surface area contributed by atoms with Gasteiger partial charge in [0.2, 0.25) is 0 Å². The van der Waals surface area contributed by atoms with Crippen molar-refractivity contribution in [1.82, 2.24) is 9.80 Å². The van der Waals surface area contributed by atoms with Gasteiger partial charge < -0.3 is 9.80 Å². The molecule has 0 aliphatic carbocycles. The molecule has 0 saturated carbocycles. The van der Waals surface area contributed by atoms with E-state index < -0.39 is 0 Å². The van der Waals surface area contributed by atoms with Crippen molar-refractivity contribution in [3.63, 3.8) is 0 Å². The first kappa shape index (κ1) is 20.4. The molecule has 30 heavy (non-hydrogen) atoms. The number of imide groups is 1. The molecule has 0 N–H and O–H groups in total. The minimum Gasteiger partial charge on any atom is -0.364 e. The molecule has 5 heteroatoms. The molecule has 0 radical (unpaired) electrons. The molecule has 1 fully saturated rings. The second kappa shape index (κ2) is 8.07. The van der Waals surface area contributed by atoms with E-state index in [2.05, 4.69) is 22.8 Å². The summed E-state index contributed by atoms with van der Waals surface area (Å²) in [5.74, 6) is -0.448. The van der Waals surface area contributed by atoms with Gasteiger partial charge >= 0.3 is 0 Å². The normalized spacial score (nSPS) is 18.0. The molecule has 2 aromatic carbocycles. The Bertz CT molecular complexity index is 1030. The van der Waals surface area contributed by atoms with Gasteiger partial charge in [-0.1, -0.05) is 42.8 Å². The van der Waals surface area contributed by atoms with Crippen molar-refractivity contribution in [2.45, 2.75) is 27.7 Å². The van der Waals surface area contributed by atoms with E-state index in [1.165, 1.54) is 4.90 Å². The molecule has 5 nitrogen and oxygen atoms in total. The average molecular weight is 404 g/mol. The standard InChI is InChI=1S/C25H29N3O2/c1-5-26-11-13-27(14-12-26)23-22(21-10-9-18(3)15-19(21)4)24(29)28(25(23)30)20-8-6-7-17(2)16-20/h6-10,15-16H,5,11-14H2,1-4H3. The first-order chi connectivity index (χ1) is 14.4. The lowest BCUT2D eigenvalue weighted by molar-refractivity contribution is -0.120. The molecule has 0 spiro atoms. The summed E-state index contributed by atoms with van der Waals surface area (Å²) in [5, 5.41) is 0. The van der Waals surface area contributed by atoms with Gasteiger partial charge in [-0.05, 0) is 56.1 Å². The van der Waals surface area contributed by atoms with Gasteiger partial charge in [0.1, 0.15) is 5.70 Å². The first-order valence-corrected chi connectivity index (χ1v) is 10.7. The van der Waals surface area contributed by atoms with E-state index in [-0.39, 0.29) is 11.8 Å². The Labute approximate surface area is 178 Å². The SMILES string of the molecule is CCN1CCN(C2=C(c3ccc(C)cc3C)C(=O)N(c3cccc(C)c3)C2=O)CC1. The van der Waals surface area contributed by atoms with Crippen molar-refractivity contribution >= 4 is 23.1 Å². The van der Waals surface area contributed by atoms with E-state index in [1.54, 1.807) is 0 Å². The Morgan fingerprint density at radius 3 is 2.17 bits per heavy atom. The van der Waals surface area contributed by atoms with Crippen LogP contribution in [-0.2, 0) is 9.59 Å². The monoisotopic (exact) mass is 403 g/mol. The van der Waals surface area contributed by atoms with Crippen molar-refractivity contribution < 1.29 is 9.59 Å². The minimum atomic E-state index is -0.231. The minimum absolute atomic E-state index is 0.217. The Morgan fingerprint density at radius 2 is 1.53 bits per heavy atom. The van der Waals surface area contributed by atoms with Crippen LogP contribution in [0, 0.1) is 20.8 Å². The van der Waals surface area contributed by atoms with Gasteiger partial charge in [0.25, 0.3) is 11.8 Å². The molecule has 2 aliphatic heterocycles. The summed E-state index contributed by atoms with van der Waals surface area (Å²) in [5.41, 5.74) is 5.74. The van der Waals surface area contributed by atoms with E-state index in [4.69, 9.17) is 0 Å². The van der Waals surface area contributed by atoms with Crippen LogP contribution >= 0.6 is 0 Å². The number of rotatable bonds is 4. The number of nitrogens with zero attached hydrogens (tertiary/aromatic N) is 3. The summed E-state index contributed by atoms with van der Waals surface area (Å²) in [6.45, 7) is 12.5. The van der Waals surface area contributed by atoms with E-state index in [0.717, 1.165) is 55.0 Å². The summed E-state index contributed by atoms with van der Waals surface area (Å²) >= 11 is 0. The highest BCUT2D eigenvalue weighted by molar-refractivity contribution is 6.45. The molecule has 0 unspecified atom stereocenters. The van der Waals surface area contributed by atoms with Crippen LogP contribution in [0.1, 0.15) is 29.2 Å². The number of piperazine rings is 1. The maximum atomic E-state index is 13.6. The number of anilines is 1. The Morgan fingerprint density at radius 1 is 0.833 bits per heavy atom. The highest BCUT2D eigenvalue weighted by Crippen LogP contribution is 2.36. The molecule has 0 aromatic heterocycles. The maximum Gasteiger partial charge on any atom is 0.282 e. The van der Waals surface area contributed by atoms with Gasteiger partial charge in [-0.25, -0.2) is 4.90 Å². The van der Waals surface area contributed by atoms with Crippen LogP contribution in [-0.4, -0.2) is 54.3 Å². The fraction of sp³-hybridized carbons (Fsp3) is 0.360. The van der Waals surface area contributed by atoms with Gasteiger partial charge in [0.05, 0.1) is 11.3 Å². The number of likely N-dealkylation sites (N-methyl/N-ethyl adjacent to an activating group) is 1. The van der Waals surface area contributed by atoms with Crippen molar-refractivity contribution in [3.8, 4) is 0 Å². The summed E-state index contributed by atoms with van der Waals surface area (Å²) < 4.78 is 0. The number of carbonyl (C=O) groups excluding carboxylic acids is 2. The number of amides is 2. The molecule has 0 atom stereocenters. The van der Waals surface area contributed by atoms with E-state index in [0.29, 0.717) is 17.0 Å². The second-order valence-electron chi connectivity index (χ2n) is 8.25. The third-order valence-electron chi connectivity index (χ3n) is 6.11. The molecular formula is C25H29N3O2. The maximum absolute atomic E-state index is 13.6. The zero-order chi connectivity index (χ0) is 21.4. The first-order valence-electron chi connectivity index (χ1n) is 10.7. The fourth-order valence-corrected chi connectivity index (χ4v) is 4.44. The smallest absolute Gasteiger partial charge is 0.282 e. The number of benzene rings is 2. The Kier molecular flexibility index (Phi) is 5.48. The lowest BCUT2D eigenvalue weighted by Crippen LogP contribution is -2.47. The predicted molar refractivity (Wildman–Crippen MR) is 120 cm³/mol. The molecule has 0 bridgehead atoms. The van der Waals surface area contributed by atoms with Gasteiger partial charge in [0.15, 0.2) is 0 Å². The molecule has 2 aromatic rings. The van der Waals surface area contributed by atoms with Crippen molar-refractivity contribution in [2.24, 2.45) is 0 Å². The van der Waals surface area contributed by atoms with Crippen LogP contribution in [0.2, 0.25) is 0 Å². The van der Waals surface area contributed by atoms with Crippen molar-refractivity contribution in [2.75, 3.05) is 37.6 Å². The zero-order valence-electron chi connectivity index (χ0n) is 18.2. The van der Waals surface area contributed by atoms with E-state index in [1.807, 2.05) is 57.2 Å². The third-order valence-corrected chi connectivity index (χ3v) is 6.11. The van der Waals surface area contributed by atoms with Crippen LogP contribution in [0.5, 0.6) is 0 Å². The number of hydrogen-bond acceptors (Lipinski definition) is 4. The largest absolute Gasteiger partial charge is 0.364 e. The lowest BCUT2D eigenvalue weighted by Gasteiger charge is -2.36. The molecule has 2 aliphatic rings. The predicted octanol–water partition coefficient (Wildman–Crippen LogP) is 3.53. The van der Waals surface area contributed by atoms with Gasteiger partial charge in [-0.2, -0.15) is 0 Å². The molecular weight excluding hydrogens is 374 g/mol. The van der Waals surface area contributed by atoms with Gasteiger partial charge in [0, 0.05) is 26.2 Å². The molecule has 2 heterocycles. The number of carbonyl (C=O) groups is 2. The van der Waals surface area contributed by atoms with Crippen LogP contribution in [0.3, 0.4) is 0 Å². The van der Waals surface area contributed by atoms with E-state index in [9.17, 15) is 9.59 Å². The lowest BCUT2D eigenvalue weighted by atomic mass is 9.97. The summed E-state index contributed by atoms with van der Waals surface area (Å²) in [7, 11) is 0. The van der Waals surface area contributed by atoms with Gasteiger partial charge in [-0.15, -0.1) is 0 Å². The molecule has 2 amide bonds. The third kappa shape index (κ3) is 3.54. The molecule has 4 rings (SSSR count). The highest BCUT2D eigenvalue weighted by atomic mass is 16.2. The van der Waals surface area contributed by atoms with Crippen molar-refractivity contribution in [3.05, 3.63) is 70.4 Å². The summed E-state index contributed by atoms with van der Waals surface area (Å²) in [4.78, 5) is 33.1. The average Bonchev–Trinajstić information content (AvgIpc) is 2.98. The van der Waals surface area contributed by atoms with Crippen LogP contribution in [0.4, 0.5) is 5.69 Å². The van der Waals surface area contributed by atoms with Crippen LogP contribution in [0.25, 0.3) is 5.57 Å². The highest BCUT2D eigenvalue weighted by Gasteiger charge is 2.43. The second-order valence-corrected chi connectivity index (χ2v) is 8.25.